The van der Waals surface area contributed by atoms with Gasteiger partial charge in [-0.05, 0) is 25.1 Å². The molecule has 0 saturated carbocycles. The number of aliphatic hydroxyl groups excluding tert-OH is 1. The topological polar surface area (TPSA) is 78.3 Å². The summed E-state index contributed by atoms with van der Waals surface area (Å²) in [7, 11) is 0. The first-order valence-corrected chi connectivity index (χ1v) is 8.43. The van der Waals surface area contributed by atoms with Crippen molar-refractivity contribution in [3.63, 3.8) is 0 Å². The van der Waals surface area contributed by atoms with Gasteiger partial charge in [-0.15, -0.1) is 0 Å². The fraction of sp³-hybridized carbons (Fsp3) is 0.333. The van der Waals surface area contributed by atoms with E-state index in [2.05, 4.69) is 24.8 Å². The van der Waals surface area contributed by atoms with E-state index in [1.807, 2.05) is 36.5 Å². The summed E-state index contributed by atoms with van der Waals surface area (Å²) in [6.45, 7) is 5.05. The van der Waals surface area contributed by atoms with Crippen molar-refractivity contribution in [2.45, 2.75) is 13.0 Å². The molecule has 4 rings (SSSR count). The lowest BCUT2D eigenvalue weighted by Crippen LogP contribution is -2.47. The molecule has 0 radical (unpaired) electrons. The van der Waals surface area contributed by atoms with Gasteiger partial charge < -0.3 is 14.9 Å². The zero-order valence-corrected chi connectivity index (χ0v) is 14.1. The van der Waals surface area contributed by atoms with E-state index in [-0.39, 0.29) is 0 Å². The zero-order chi connectivity index (χ0) is 17.2. The van der Waals surface area contributed by atoms with Crippen LogP contribution in [0.15, 0.2) is 42.7 Å². The molecule has 0 spiro atoms. The van der Waals surface area contributed by atoms with Gasteiger partial charge in [0.1, 0.15) is 17.7 Å². The van der Waals surface area contributed by atoms with Gasteiger partial charge in [-0.1, -0.05) is 12.1 Å². The van der Waals surface area contributed by atoms with Gasteiger partial charge in [0.2, 0.25) is 0 Å². The SMILES string of the molecule is CC(O)c1nccc(N2CCN(c3cnc4ccccc4n3)CC2)n1. The molecular formula is C18H20N6O. The number of hydrogen-bond donors (Lipinski definition) is 1. The number of benzene rings is 1. The summed E-state index contributed by atoms with van der Waals surface area (Å²) in [5, 5.41) is 9.66. The number of nitrogens with zero attached hydrogens (tertiary/aromatic N) is 6. The lowest BCUT2D eigenvalue weighted by Gasteiger charge is -2.36. The van der Waals surface area contributed by atoms with Gasteiger partial charge in [-0.25, -0.2) is 15.0 Å². The number of para-hydroxylation sites is 2. The summed E-state index contributed by atoms with van der Waals surface area (Å²) in [5.41, 5.74) is 1.83. The largest absolute Gasteiger partial charge is 0.385 e. The highest BCUT2D eigenvalue weighted by Crippen LogP contribution is 2.20. The lowest BCUT2D eigenvalue weighted by molar-refractivity contribution is 0.189. The normalized spacial score (nSPS) is 16.2. The molecule has 128 valence electrons. The molecule has 1 fully saturated rings. The summed E-state index contributed by atoms with van der Waals surface area (Å²) >= 11 is 0. The van der Waals surface area contributed by atoms with Gasteiger partial charge >= 0.3 is 0 Å². The van der Waals surface area contributed by atoms with Gasteiger partial charge in [0.25, 0.3) is 0 Å². The third-order valence-corrected chi connectivity index (χ3v) is 4.40. The third kappa shape index (κ3) is 3.23. The highest BCUT2D eigenvalue weighted by Gasteiger charge is 2.20. The summed E-state index contributed by atoms with van der Waals surface area (Å²) < 4.78 is 0. The second-order valence-corrected chi connectivity index (χ2v) is 6.14. The Bertz CT molecular complexity index is 876. The summed E-state index contributed by atoms with van der Waals surface area (Å²) in [5.74, 6) is 2.22. The van der Waals surface area contributed by atoms with Crippen molar-refractivity contribution in [1.82, 2.24) is 19.9 Å². The Kier molecular flexibility index (Phi) is 4.15. The quantitative estimate of drug-likeness (QED) is 0.781. The first kappa shape index (κ1) is 15.7. The molecule has 1 aliphatic heterocycles. The predicted octanol–water partition coefficient (Wildman–Crippen LogP) is 1.80. The fourth-order valence-corrected chi connectivity index (χ4v) is 3.01. The maximum absolute atomic E-state index is 9.66. The van der Waals surface area contributed by atoms with Gasteiger partial charge in [-0.3, -0.25) is 4.98 Å². The second-order valence-electron chi connectivity index (χ2n) is 6.14. The lowest BCUT2D eigenvalue weighted by atomic mass is 10.3. The number of anilines is 2. The van der Waals surface area contributed by atoms with Gasteiger partial charge in [0.15, 0.2) is 5.82 Å². The molecule has 1 aliphatic rings. The minimum absolute atomic E-state index is 0.459. The number of hydrogen-bond acceptors (Lipinski definition) is 7. The maximum atomic E-state index is 9.66. The van der Waals surface area contributed by atoms with E-state index >= 15 is 0 Å². The Morgan fingerprint density at radius 2 is 1.56 bits per heavy atom. The van der Waals surface area contributed by atoms with E-state index in [1.165, 1.54) is 0 Å². The van der Waals surface area contributed by atoms with Crippen molar-refractivity contribution in [2.75, 3.05) is 36.0 Å². The predicted molar refractivity (Wildman–Crippen MR) is 96.6 cm³/mol. The van der Waals surface area contributed by atoms with Crippen LogP contribution >= 0.6 is 0 Å². The van der Waals surface area contributed by atoms with Crippen molar-refractivity contribution in [3.8, 4) is 0 Å². The fourth-order valence-electron chi connectivity index (χ4n) is 3.01. The van der Waals surface area contributed by atoms with Crippen LogP contribution in [0.2, 0.25) is 0 Å². The second kappa shape index (κ2) is 6.60. The van der Waals surface area contributed by atoms with Crippen LogP contribution in [0.4, 0.5) is 11.6 Å². The third-order valence-electron chi connectivity index (χ3n) is 4.40. The van der Waals surface area contributed by atoms with E-state index in [0.29, 0.717) is 5.82 Å². The van der Waals surface area contributed by atoms with Gasteiger partial charge in [0.05, 0.1) is 17.2 Å². The van der Waals surface area contributed by atoms with Crippen LogP contribution in [0, 0.1) is 0 Å². The van der Waals surface area contributed by atoms with Crippen molar-refractivity contribution in [3.05, 3.63) is 48.5 Å². The standard InChI is InChI=1S/C18H20N6O/c1-13(25)18-19-7-6-16(22-18)23-8-10-24(11-9-23)17-12-20-14-4-2-3-5-15(14)21-17/h2-7,12-13,25H,8-11H2,1H3. The van der Waals surface area contributed by atoms with Crippen LogP contribution in [-0.4, -0.2) is 51.2 Å². The molecule has 2 aromatic heterocycles. The Labute approximate surface area is 146 Å². The number of rotatable bonds is 3. The minimum Gasteiger partial charge on any atom is -0.385 e. The highest BCUT2D eigenvalue weighted by molar-refractivity contribution is 5.75. The highest BCUT2D eigenvalue weighted by atomic mass is 16.3. The van der Waals surface area contributed by atoms with E-state index in [1.54, 1.807) is 13.1 Å². The molecule has 0 bridgehead atoms. The first-order chi connectivity index (χ1) is 12.2. The molecule has 7 nitrogen and oxygen atoms in total. The van der Waals surface area contributed by atoms with Crippen LogP contribution in [0.1, 0.15) is 18.9 Å². The molecule has 1 aromatic carbocycles. The summed E-state index contributed by atoms with van der Waals surface area (Å²) in [4.78, 5) is 22.2. The molecular weight excluding hydrogens is 316 g/mol. The Morgan fingerprint density at radius 3 is 2.28 bits per heavy atom. The minimum atomic E-state index is -0.658. The smallest absolute Gasteiger partial charge is 0.158 e. The monoisotopic (exact) mass is 336 g/mol. The summed E-state index contributed by atoms with van der Waals surface area (Å²) in [6.07, 6.45) is 2.88. The van der Waals surface area contributed by atoms with Crippen LogP contribution < -0.4 is 9.80 Å². The van der Waals surface area contributed by atoms with Gasteiger partial charge in [0, 0.05) is 32.4 Å². The Morgan fingerprint density at radius 1 is 0.880 bits per heavy atom. The number of piperazine rings is 1. The van der Waals surface area contributed by atoms with E-state index < -0.39 is 6.10 Å². The van der Waals surface area contributed by atoms with Crippen LogP contribution in [-0.2, 0) is 0 Å². The Hall–Kier alpha value is -2.80. The van der Waals surface area contributed by atoms with Crippen LogP contribution in [0.5, 0.6) is 0 Å². The molecule has 1 unspecified atom stereocenters. The van der Waals surface area contributed by atoms with Crippen molar-refractivity contribution in [1.29, 1.82) is 0 Å². The average molecular weight is 336 g/mol. The molecule has 1 atom stereocenters. The maximum Gasteiger partial charge on any atom is 0.158 e. The first-order valence-electron chi connectivity index (χ1n) is 8.43. The van der Waals surface area contributed by atoms with Crippen molar-refractivity contribution >= 4 is 22.7 Å². The molecule has 0 amide bonds. The van der Waals surface area contributed by atoms with E-state index in [4.69, 9.17) is 4.98 Å². The van der Waals surface area contributed by atoms with E-state index in [0.717, 1.165) is 48.8 Å². The molecule has 25 heavy (non-hydrogen) atoms. The van der Waals surface area contributed by atoms with Crippen molar-refractivity contribution in [2.24, 2.45) is 0 Å². The number of fused-ring (bicyclic) bond motifs is 1. The zero-order valence-electron chi connectivity index (χ0n) is 14.1. The van der Waals surface area contributed by atoms with E-state index in [9.17, 15) is 5.11 Å². The van der Waals surface area contributed by atoms with Crippen molar-refractivity contribution < 1.29 is 5.11 Å². The molecule has 3 heterocycles. The molecule has 1 N–H and O–H groups in total. The number of aliphatic hydroxyl groups is 1. The molecule has 0 aliphatic carbocycles. The Balaban J connectivity index is 1.48. The average Bonchev–Trinajstić information content (AvgIpc) is 2.68. The molecule has 1 saturated heterocycles. The molecule has 3 aromatic rings. The van der Waals surface area contributed by atoms with Crippen LogP contribution in [0.3, 0.4) is 0 Å². The number of aromatic nitrogens is 4. The van der Waals surface area contributed by atoms with Crippen LogP contribution in [0.25, 0.3) is 11.0 Å². The summed E-state index contributed by atoms with van der Waals surface area (Å²) in [6, 6.07) is 9.79. The molecule has 7 heteroatoms. The van der Waals surface area contributed by atoms with Gasteiger partial charge in [-0.2, -0.15) is 0 Å².